The van der Waals surface area contributed by atoms with Crippen LogP contribution in [0.25, 0.3) is 16.9 Å². The second-order valence-electron chi connectivity index (χ2n) is 9.64. The Labute approximate surface area is 257 Å². The number of carbonyl (C=O) groups excluding carboxylic acids is 1. The predicted molar refractivity (Wildman–Crippen MR) is 169 cm³/mol. The molecule has 0 aliphatic rings. The third-order valence-corrected chi connectivity index (χ3v) is 7.31. The van der Waals surface area contributed by atoms with Gasteiger partial charge in [-0.3, -0.25) is 4.79 Å². The van der Waals surface area contributed by atoms with Crippen LogP contribution in [-0.2, 0) is 6.61 Å². The molecule has 5 rings (SSSR count). The first-order valence-electron chi connectivity index (χ1n) is 13.3. The van der Waals surface area contributed by atoms with Crippen LogP contribution in [0.5, 0.6) is 11.5 Å². The second kappa shape index (κ2) is 13.2. The summed E-state index contributed by atoms with van der Waals surface area (Å²) in [5.74, 6) is -0.442. The Morgan fingerprint density at radius 2 is 1.70 bits per heavy atom. The van der Waals surface area contributed by atoms with E-state index in [0.717, 1.165) is 22.6 Å². The number of hydrogen-bond donors (Lipinski definition) is 2. The highest BCUT2D eigenvalue weighted by Crippen LogP contribution is 2.37. The maximum absolute atomic E-state index is 12.8. The standard InChI is InChI=1S/C34H28BrN3O5/c1-22-11-16-30(25-8-4-3-5-9-25)38(22)28-14-12-26(13-15-28)33(39)37-36-20-24-18-29(35)32(31(19-24)42-2)43-21-23-7-6-10-27(17-23)34(40)41/h3-20H,21H2,1-2H3,(H,37,39)(H,40,41)/b36-20+. The van der Waals surface area contributed by atoms with Crippen LogP contribution < -0.4 is 14.9 Å². The SMILES string of the molecule is COc1cc(/C=N/NC(=O)c2ccc(-n3c(C)ccc3-c3ccccc3)cc2)cc(Br)c1OCc1cccc(C(=O)O)c1. The number of amides is 1. The Morgan fingerprint density at radius 1 is 0.930 bits per heavy atom. The summed E-state index contributed by atoms with van der Waals surface area (Å²) in [7, 11) is 1.52. The van der Waals surface area contributed by atoms with E-state index in [9.17, 15) is 14.7 Å². The number of aromatic carboxylic acids is 1. The molecule has 1 aromatic heterocycles. The highest BCUT2D eigenvalue weighted by Gasteiger charge is 2.14. The summed E-state index contributed by atoms with van der Waals surface area (Å²) in [5.41, 5.74) is 8.83. The molecule has 1 amide bonds. The quantitative estimate of drug-likeness (QED) is 0.124. The lowest BCUT2D eigenvalue weighted by atomic mass is 10.1. The second-order valence-corrected chi connectivity index (χ2v) is 10.5. The minimum Gasteiger partial charge on any atom is -0.493 e. The monoisotopic (exact) mass is 637 g/mol. The fraction of sp³-hybridized carbons (Fsp3) is 0.0882. The molecule has 0 aliphatic carbocycles. The van der Waals surface area contributed by atoms with Crippen LogP contribution in [0.2, 0.25) is 0 Å². The molecule has 9 heteroatoms. The molecule has 0 spiro atoms. The molecule has 0 saturated carbocycles. The third-order valence-electron chi connectivity index (χ3n) is 6.72. The van der Waals surface area contributed by atoms with Gasteiger partial charge >= 0.3 is 5.97 Å². The highest BCUT2D eigenvalue weighted by atomic mass is 79.9. The molecule has 4 aromatic carbocycles. The van der Waals surface area contributed by atoms with Crippen LogP contribution in [0.1, 0.15) is 37.5 Å². The van der Waals surface area contributed by atoms with Crippen LogP contribution in [0, 0.1) is 6.92 Å². The van der Waals surface area contributed by atoms with Crippen molar-refractivity contribution < 1.29 is 24.2 Å². The molecule has 43 heavy (non-hydrogen) atoms. The van der Waals surface area contributed by atoms with Gasteiger partial charge in [0.2, 0.25) is 0 Å². The number of ether oxygens (including phenoxy) is 2. The molecular formula is C34H28BrN3O5. The number of nitrogens with one attached hydrogen (secondary N) is 1. The number of benzene rings is 4. The van der Waals surface area contributed by atoms with Crippen LogP contribution in [0.3, 0.4) is 0 Å². The largest absolute Gasteiger partial charge is 0.493 e. The number of nitrogens with zero attached hydrogens (tertiary/aromatic N) is 2. The van der Waals surface area contributed by atoms with Crippen molar-refractivity contribution in [3.8, 4) is 28.4 Å². The maximum atomic E-state index is 12.8. The van der Waals surface area contributed by atoms with Gasteiger partial charge in [0.05, 0.1) is 29.1 Å². The van der Waals surface area contributed by atoms with Gasteiger partial charge in [0.15, 0.2) is 11.5 Å². The highest BCUT2D eigenvalue weighted by molar-refractivity contribution is 9.10. The van der Waals surface area contributed by atoms with Gasteiger partial charge in [-0.25, -0.2) is 10.2 Å². The molecule has 8 nitrogen and oxygen atoms in total. The lowest BCUT2D eigenvalue weighted by Gasteiger charge is -2.14. The number of carboxylic acids is 1. The molecular weight excluding hydrogens is 610 g/mol. The molecule has 0 radical (unpaired) electrons. The average molecular weight is 639 g/mol. The first kappa shape index (κ1) is 29.3. The number of aryl methyl sites for hydroxylation is 1. The molecule has 0 unspecified atom stereocenters. The van der Waals surface area contributed by atoms with E-state index >= 15 is 0 Å². The van der Waals surface area contributed by atoms with E-state index < -0.39 is 5.97 Å². The molecule has 5 aromatic rings. The molecule has 0 fully saturated rings. The lowest BCUT2D eigenvalue weighted by molar-refractivity contribution is 0.0696. The van der Waals surface area contributed by atoms with E-state index in [2.05, 4.69) is 55.3 Å². The Kier molecular flexibility index (Phi) is 9.02. The van der Waals surface area contributed by atoms with Gasteiger partial charge < -0.3 is 19.1 Å². The zero-order chi connectivity index (χ0) is 30.3. The van der Waals surface area contributed by atoms with Crippen molar-refractivity contribution in [3.63, 3.8) is 0 Å². The van der Waals surface area contributed by atoms with Crippen molar-refractivity contribution in [1.82, 2.24) is 9.99 Å². The van der Waals surface area contributed by atoms with Crippen LogP contribution >= 0.6 is 15.9 Å². The van der Waals surface area contributed by atoms with Crippen LogP contribution in [-0.4, -0.2) is 34.9 Å². The summed E-state index contributed by atoms with van der Waals surface area (Å²) >= 11 is 3.51. The lowest BCUT2D eigenvalue weighted by Crippen LogP contribution is -2.17. The summed E-state index contributed by atoms with van der Waals surface area (Å²) in [6.45, 7) is 2.20. The van der Waals surface area contributed by atoms with Crippen molar-refractivity contribution >= 4 is 34.0 Å². The van der Waals surface area contributed by atoms with Gasteiger partial charge in [0.1, 0.15) is 6.61 Å². The Balaban J connectivity index is 1.25. The van der Waals surface area contributed by atoms with E-state index in [1.54, 1.807) is 42.5 Å². The van der Waals surface area contributed by atoms with Crippen LogP contribution in [0.15, 0.2) is 113 Å². The number of halogens is 1. The average Bonchev–Trinajstić information content (AvgIpc) is 3.42. The Morgan fingerprint density at radius 3 is 2.42 bits per heavy atom. The molecule has 0 atom stereocenters. The number of aromatic nitrogens is 1. The number of carbonyl (C=O) groups is 2. The number of methoxy groups -OCH3 is 1. The Bertz CT molecular complexity index is 1800. The van der Waals surface area contributed by atoms with Crippen molar-refractivity contribution in [3.05, 3.63) is 136 Å². The smallest absolute Gasteiger partial charge is 0.335 e. The predicted octanol–water partition coefficient (Wildman–Crippen LogP) is 7.26. The van der Waals surface area contributed by atoms with E-state index in [4.69, 9.17) is 9.47 Å². The summed E-state index contributed by atoms with van der Waals surface area (Å²) in [6, 6.07) is 31.7. The van der Waals surface area contributed by atoms with Gasteiger partial charge in [-0.05, 0) is 100 Å². The van der Waals surface area contributed by atoms with Crippen molar-refractivity contribution in [1.29, 1.82) is 0 Å². The first-order chi connectivity index (χ1) is 20.8. The fourth-order valence-corrected chi connectivity index (χ4v) is 5.19. The first-order valence-corrected chi connectivity index (χ1v) is 14.1. The van der Waals surface area contributed by atoms with E-state index in [-0.39, 0.29) is 18.1 Å². The van der Waals surface area contributed by atoms with E-state index in [1.165, 1.54) is 19.4 Å². The van der Waals surface area contributed by atoms with Crippen LogP contribution in [0.4, 0.5) is 0 Å². The topological polar surface area (TPSA) is 102 Å². The molecule has 0 saturated heterocycles. The molecule has 0 bridgehead atoms. The molecule has 0 aliphatic heterocycles. The number of hydrazone groups is 1. The molecule has 1 heterocycles. The summed E-state index contributed by atoms with van der Waals surface area (Å²) in [4.78, 5) is 24.0. The minimum absolute atomic E-state index is 0.149. The van der Waals surface area contributed by atoms with Gasteiger partial charge in [-0.15, -0.1) is 0 Å². The van der Waals surface area contributed by atoms with E-state index in [0.29, 0.717) is 32.7 Å². The van der Waals surface area contributed by atoms with Crippen molar-refractivity contribution in [2.45, 2.75) is 13.5 Å². The van der Waals surface area contributed by atoms with Gasteiger partial charge in [-0.1, -0.05) is 42.5 Å². The normalized spacial score (nSPS) is 11.0. The number of rotatable bonds is 10. The van der Waals surface area contributed by atoms with Crippen molar-refractivity contribution in [2.24, 2.45) is 5.10 Å². The molecule has 2 N–H and O–H groups in total. The zero-order valence-electron chi connectivity index (χ0n) is 23.5. The van der Waals surface area contributed by atoms with Gasteiger partial charge in [-0.2, -0.15) is 5.10 Å². The zero-order valence-corrected chi connectivity index (χ0v) is 25.0. The number of carboxylic acid groups (broad SMARTS) is 1. The Hall–Kier alpha value is -5.15. The maximum Gasteiger partial charge on any atom is 0.335 e. The molecule has 216 valence electrons. The summed E-state index contributed by atoms with van der Waals surface area (Å²) < 4.78 is 14.2. The fourth-order valence-electron chi connectivity index (χ4n) is 4.61. The third kappa shape index (κ3) is 6.85. The summed E-state index contributed by atoms with van der Waals surface area (Å²) in [5, 5.41) is 13.3. The van der Waals surface area contributed by atoms with Gasteiger partial charge in [0.25, 0.3) is 5.91 Å². The van der Waals surface area contributed by atoms with E-state index in [1.807, 2.05) is 37.3 Å². The van der Waals surface area contributed by atoms with Crippen molar-refractivity contribution in [2.75, 3.05) is 7.11 Å². The minimum atomic E-state index is -1.00. The summed E-state index contributed by atoms with van der Waals surface area (Å²) in [6.07, 6.45) is 1.51. The van der Waals surface area contributed by atoms with Gasteiger partial charge in [0, 0.05) is 16.9 Å². The number of hydrogen-bond acceptors (Lipinski definition) is 5.